The molecule has 0 bridgehead atoms. The Balaban J connectivity index is 3.36. The van der Waals surface area contributed by atoms with Crippen molar-refractivity contribution in [2.75, 3.05) is 6.61 Å². The average Bonchev–Trinajstić information content (AvgIpc) is 1.30. The van der Waals surface area contributed by atoms with Crippen LogP contribution in [0.1, 0.15) is 0 Å². The predicted molar refractivity (Wildman–Crippen MR) is 37.0 cm³/mol. The Kier molecular flexibility index (Phi) is 3.21. The van der Waals surface area contributed by atoms with Crippen molar-refractivity contribution in [3.8, 4) is 0 Å². The maximum absolute atomic E-state index is 8.38. The van der Waals surface area contributed by atoms with Gasteiger partial charge in [0.25, 0.3) is 0 Å². The van der Waals surface area contributed by atoms with Crippen molar-refractivity contribution in [2.24, 2.45) is 0 Å². The van der Waals surface area contributed by atoms with Crippen LogP contribution in [0.3, 0.4) is 0 Å². The Morgan fingerprint density at radius 3 is 2.00 bits per heavy atom. The van der Waals surface area contributed by atoms with E-state index in [1.807, 2.05) is 0 Å². The predicted octanol–water partition coefficient (Wildman–Crippen LogP) is 1.38. The molecule has 7 heavy (non-hydrogen) atoms. The Bertz CT molecular complexity index is 85.7. The zero-order valence-corrected chi connectivity index (χ0v) is 7.41. The van der Waals surface area contributed by atoms with Crippen LogP contribution < -0.4 is 0 Å². The van der Waals surface area contributed by atoms with Crippen molar-refractivity contribution >= 4 is 22.3 Å². The molecule has 0 aliphatic heterocycles. The van der Waals surface area contributed by atoms with Gasteiger partial charge in [-0.25, -0.2) is 0 Å². The van der Waals surface area contributed by atoms with Crippen LogP contribution in [0.5, 0.6) is 0 Å². The van der Waals surface area contributed by atoms with Gasteiger partial charge in [0.05, 0.1) is 0 Å². The van der Waals surface area contributed by atoms with E-state index in [0.29, 0.717) is 0 Å². The van der Waals surface area contributed by atoms with Gasteiger partial charge < -0.3 is 0 Å². The molecule has 0 atom stereocenters. The van der Waals surface area contributed by atoms with Gasteiger partial charge in [-0.2, -0.15) is 0 Å². The summed E-state index contributed by atoms with van der Waals surface area (Å²) < 4.78 is 0. The summed E-state index contributed by atoms with van der Waals surface area (Å²) in [6.07, 6.45) is 0. The second-order valence-electron chi connectivity index (χ2n) is 2.02. The van der Waals surface area contributed by atoms with Crippen molar-refractivity contribution in [1.29, 1.82) is 0 Å². The van der Waals surface area contributed by atoms with E-state index in [1.165, 1.54) is 0 Å². The minimum atomic E-state index is -1.61. The Hall–Kier alpha value is 0.738. The third-order valence-corrected chi connectivity index (χ3v) is 4.27. The van der Waals surface area contributed by atoms with Gasteiger partial charge in [-0.1, -0.05) is 0 Å². The van der Waals surface area contributed by atoms with Crippen molar-refractivity contribution in [3.63, 3.8) is 0 Å². The molecule has 0 aliphatic rings. The fourth-order valence-electron chi connectivity index (χ4n) is 0.241. The van der Waals surface area contributed by atoms with E-state index in [4.69, 9.17) is 15.5 Å². The van der Waals surface area contributed by atoms with Gasteiger partial charge in [0, 0.05) is 0 Å². The van der Waals surface area contributed by atoms with Gasteiger partial charge in [-0.05, 0) is 0 Å². The van der Waals surface area contributed by atoms with Crippen LogP contribution in [0.25, 0.3) is 0 Å². The fraction of sp³-hybridized carbons (Fsp3) is 1.00. The first-order valence-electron chi connectivity index (χ1n) is 2.21. The first-order valence-corrected chi connectivity index (χ1v) is 9.95. The van der Waals surface area contributed by atoms with E-state index in [0.717, 1.165) is 5.21 Å². The third-order valence-electron chi connectivity index (χ3n) is 0.639. The van der Waals surface area contributed by atoms with Crippen LogP contribution >= 0.6 is 10.4 Å². The summed E-state index contributed by atoms with van der Waals surface area (Å²) in [6, 6.07) is 0. The zero-order valence-electron chi connectivity index (χ0n) is 4.72. The van der Waals surface area contributed by atoms with E-state index < -0.39 is 11.9 Å². The molecule has 1 nitrogen and oxygen atoms in total. The Morgan fingerprint density at radius 2 is 2.00 bits per heavy atom. The quantitative estimate of drug-likeness (QED) is 0.651. The number of rotatable bonds is 2. The molecule has 1 N–H and O–H groups in total. The number of aliphatic hydroxyl groups excluding tert-OH is 1. The standard InChI is InChI=1S/C4H11AsOS/c1-5(2,7)3-4-6/h6H,3-4H2,1-2H3. The van der Waals surface area contributed by atoms with Crippen molar-refractivity contribution in [3.05, 3.63) is 0 Å². The summed E-state index contributed by atoms with van der Waals surface area (Å²) >= 11 is -1.61. The maximum atomic E-state index is 8.38. The summed E-state index contributed by atoms with van der Waals surface area (Å²) in [5.41, 5.74) is 4.20. The van der Waals surface area contributed by atoms with Crippen LogP contribution in [-0.2, 0) is 0 Å². The molecule has 0 fully saturated rings. The van der Waals surface area contributed by atoms with Crippen molar-refractivity contribution in [1.82, 2.24) is 0 Å². The number of hydrogen-bond acceptors (Lipinski definition) is 2. The zero-order chi connectivity index (χ0) is 5.91. The molecule has 0 heterocycles. The third kappa shape index (κ3) is 6.74. The van der Waals surface area contributed by atoms with Crippen LogP contribution in [0.15, 0.2) is 0 Å². The molecule has 0 saturated carbocycles. The summed E-state index contributed by atoms with van der Waals surface area (Å²) in [5.74, 6) is 0. The summed E-state index contributed by atoms with van der Waals surface area (Å²) in [5, 5.41) is 9.26. The molecule has 0 rings (SSSR count). The fourth-order valence-corrected chi connectivity index (χ4v) is 1.68. The topological polar surface area (TPSA) is 20.2 Å². The normalized spacial score (nSPS) is 11.9. The van der Waals surface area contributed by atoms with Gasteiger partial charge >= 0.3 is 50.6 Å². The van der Waals surface area contributed by atoms with Gasteiger partial charge in [-0.15, -0.1) is 0 Å². The second-order valence-corrected chi connectivity index (χ2v) is 14.7. The molecule has 0 unspecified atom stereocenters. The average molecular weight is 182 g/mol. The monoisotopic (exact) mass is 182 g/mol. The van der Waals surface area contributed by atoms with E-state index in [-0.39, 0.29) is 6.61 Å². The molecule has 44 valence electrons. The van der Waals surface area contributed by atoms with E-state index in [2.05, 4.69) is 11.4 Å². The van der Waals surface area contributed by atoms with Crippen LogP contribution in [0, 0.1) is 0 Å². The molecule has 0 aromatic rings. The summed E-state index contributed by atoms with van der Waals surface area (Å²) in [4.78, 5) is 0. The van der Waals surface area contributed by atoms with Crippen LogP contribution in [0.2, 0.25) is 16.6 Å². The van der Waals surface area contributed by atoms with Crippen molar-refractivity contribution in [2.45, 2.75) is 16.6 Å². The molecule has 0 amide bonds. The molecule has 0 aromatic heterocycles. The van der Waals surface area contributed by atoms with E-state index in [1.54, 1.807) is 0 Å². The molecule has 0 spiro atoms. The van der Waals surface area contributed by atoms with Gasteiger partial charge in [-0.3, -0.25) is 0 Å². The molecular weight excluding hydrogens is 171 g/mol. The van der Waals surface area contributed by atoms with Gasteiger partial charge in [0.15, 0.2) is 0 Å². The second kappa shape index (κ2) is 2.91. The van der Waals surface area contributed by atoms with E-state index in [9.17, 15) is 0 Å². The Labute approximate surface area is 50.9 Å². The molecule has 3 heteroatoms. The minimum absolute atomic E-state index is 0.281. The first-order chi connectivity index (χ1) is 3.06. The van der Waals surface area contributed by atoms with Crippen LogP contribution in [-0.4, -0.2) is 23.6 Å². The summed E-state index contributed by atoms with van der Waals surface area (Å²) in [7, 11) is 5.10. The Morgan fingerprint density at radius 1 is 1.57 bits per heavy atom. The number of aliphatic hydroxyl groups is 1. The molecular formula is C4H11AsOS. The summed E-state index contributed by atoms with van der Waals surface area (Å²) in [6.45, 7) is 0.281. The molecule has 0 aromatic carbocycles. The van der Waals surface area contributed by atoms with Gasteiger partial charge in [0.1, 0.15) is 0 Å². The van der Waals surface area contributed by atoms with Crippen LogP contribution in [0.4, 0.5) is 0 Å². The molecule has 0 aliphatic carbocycles. The first kappa shape index (κ1) is 7.74. The molecule has 0 saturated heterocycles. The number of hydrogen-bond donors (Lipinski definition) is 1. The SMILES string of the molecule is C[As](C)(=S)CCO. The molecule has 0 radical (unpaired) electrons. The van der Waals surface area contributed by atoms with Gasteiger partial charge in [0.2, 0.25) is 0 Å². The van der Waals surface area contributed by atoms with E-state index >= 15 is 0 Å². The van der Waals surface area contributed by atoms with Crippen molar-refractivity contribution < 1.29 is 5.11 Å².